The Morgan fingerprint density at radius 3 is 2.59 bits per heavy atom. The fraction of sp³-hybridized carbons (Fsp3) is 0.333. The third kappa shape index (κ3) is 5.55. The van der Waals surface area contributed by atoms with E-state index in [0.717, 1.165) is 27.4 Å². The number of nitrogens with zero attached hydrogens (tertiary/aromatic N) is 8. The van der Waals surface area contributed by atoms with Gasteiger partial charge in [0.25, 0.3) is 0 Å². The van der Waals surface area contributed by atoms with Crippen molar-refractivity contribution in [3.05, 3.63) is 59.4 Å². The number of carbonyl (C=O) groups is 1. The molecule has 39 heavy (non-hydrogen) atoms. The molecule has 6 rings (SSSR count). The van der Waals surface area contributed by atoms with E-state index in [9.17, 15) is 4.79 Å². The molecular weight excluding hydrogens is 518 g/mol. The molecular formula is C27H30ClN9O2. The summed E-state index contributed by atoms with van der Waals surface area (Å²) in [5.41, 5.74) is 2.01. The smallest absolute Gasteiger partial charge is 0.170 e. The molecule has 1 N–H and O–H groups in total. The van der Waals surface area contributed by atoms with Gasteiger partial charge in [-0.15, -0.1) is 10.2 Å². The van der Waals surface area contributed by atoms with Crippen LogP contribution in [0.4, 0.5) is 5.82 Å². The predicted octanol–water partition coefficient (Wildman–Crippen LogP) is 4.38. The molecule has 0 unspecified atom stereocenters. The van der Waals surface area contributed by atoms with Crippen molar-refractivity contribution in [2.24, 2.45) is 0 Å². The van der Waals surface area contributed by atoms with Gasteiger partial charge in [-0.2, -0.15) is 5.10 Å². The number of anilines is 1. The second-order valence-electron chi connectivity index (χ2n) is 9.27. The highest BCUT2D eigenvalue weighted by molar-refractivity contribution is 6.32. The molecule has 0 bridgehead atoms. The number of hydrogen-bond donors (Lipinski definition) is 1. The van der Waals surface area contributed by atoms with Crippen molar-refractivity contribution in [3.8, 4) is 11.6 Å². The first-order chi connectivity index (χ1) is 19.0. The van der Waals surface area contributed by atoms with Crippen molar-refractivity contribution in [1.82, 2.24) is 39.4 Å². The summed E-state index contributed by atoms with van der Waals surface area (Å²) in [6, 6.07) is 5.60. The van der Waals surface area contributed by atoms with Gasteiger partial charge in [0.2, 0.25) is 0 Å². The first-order valence-corrected chi connectivity index (χ1v) is 13.2. The molecule has 202 valence electrons. The zero-order chi connectivity index (χ0) is 27.4. The van der Waals surface area contributed by atoms with Crippen LogP contribution >= 0.6 is 11.6 Å². The lowest BCUT2D eigenvalue weighted by atomic mass is 10.1. The lowest BCUT2D eigenvalue weighted by Gasteiger charge is -2.13. The Morgan fingerprint density at radius 1 is 1.13 bits per heavy atom. The number of methoxy groups -OCH3 is 1. The third-order valence-electron chi connectivity index (χ3n) is 6.66. The Bertz CT molecular complexity index is 1610. The number of carbonyl (C=O) groups excluding carboxylic acids is 1. The van der Waals surface area contributed by atoms with Crippen molar-refractivity contribution >= 4 is 45.5 Å². The number of aldehydes is 1. The van der Waals surface area contributed by atoms with Gasteiger partial charge in [-0.05, 0) is 57.6 Å². The molecule has 0 spiro atoms. The van der Waals surface area contributed by atoms with Gasteiger partial charge in [-0.1, -0.05) is 17.7 Å². The number of nitrogens with one attached hydrogen (secondary N) is 1. The van der Waals surface area contributed by atoms with Gasteiger partial charge in [-0.3, -0.25) is 9.36 Å². The maximum Gasteiger partial charge on any atom is 0.170 e. The number of likely N-dealkylation sites (tertiary alicyclic amines) is 1. The van der Waals surface area contributed by atoms with Crippen LogP contribution in [0.3, 0.4) is 0 Å². The maximum atomic E-state index is 11.1. The van der Waals surface area contributed by atoms with Gasteiger partial charge >= 0.3 is 0 Å². The highest BCUT2D eigenvalue weighted by atomic mass is 35.5. The van der Waals surface area contributed by atoms with Crippen molar-refractivity contribution in [2.75, 3.05) is 32.6 Å². The Morgan fingerprint density at radius 2 is 1.95 bits per heavy atom. The summed E-state index contributed by atoms with van der Waals surface area (Å²) in [5, 5.41) is 19.6. The second-order valence-corrected chi connectivity index (χ2v) is 9.68. The summed E-state index contributed by atoms with van der Waals surface area (Å²) in [7, 11) is 3.75. The molecule has 0 radical (unpaired) electrons. The summed E-state index contributed by atoms with van der Waals surface area (Å²) in [6.45, 7) is 5.80. The van der Waals surface area contributed by atoms with Crippen LogP contribution < -0.4 is 10.1 Å². The molecule has 5 aromatic rings. The topological polar surface area (TPSA) is 116 Å². The van der Waals surface area contributed by atoms with Gasteiger partial charge in [-0.25, -0.2) is 14.6 Å². The van der Waals surface area contributed by atoms with E-state index >= 15 is 0 Å². The SMILES string of the molecule is CCn1ncc2c3c(NCc4ccc(OC)c(Cl)c4)nnc(-n4cnc(C=O)c4)c3cnc21.CN1CCCC1. The largest absolute Gasteiger partial charge is 0.495 e. The van der Waals surface area contributed by atoms with Gasteiger partial charge in [0, 0.05) is 36.3 Å². The Balaban J connectivity index is 0.000000455. The van der Waals surface area contributed by atoms with Crippen LogP contribution in [0, 0.1) is 0 Å². The van der Waals surface area contributed by atoms with E-state index in [0.29, 0.717) is 47.5 Å². The molecule has 0 saturated carbocycles. The second kappa shape index (κ2) is 11.7. The quantitative estimate of drug-likeness (QED) is 0.296. The summed E-state index contributed by atoms with van der Waals surface area (Å²) in [4.78, 5) is 22.1. The lowest BCUT2D eigenvalue weighted by Crippen LogP contribution is -2.10. The molecule has 0 amide bonds. The zero-order valence-corrected chi connectivity index (χ0v) is 22.9. The number of fused-ring (bicyclic) bond motifs is 3. The molecule has 1 aliphatic rings. The Kier molecular flexibility index (Phi) is 7.99. The number of pyridine rings is 1. The summed E-state index contributed by atoms with van der Waals surface area (Å²) < 4.78 is 8.71. The Hall–Kier alpha value is -4.09. The van der Waals surface area contributed by atoms with E-state index in [4.69, 9.17) is 16.3 Å². The van der Waals surface area contributed by atoms with Crippen LogP contribution in [-0.4, -0.2) is 72.9 Å². The molecule has 1 aliphatic heterocycles. The molecule has 1 saturated heterocycles. The maximum absolute atomic E-state index is 11.1. The summed E-state index contributed by atoms with van der Waals surface area (Å²) in [5.74, 6) is 1.71. The highest BCUT2D eigenvalue weighted by Crippen LogP contribution is 2.32. The van der Waals surface area contributed by atoms with Gasteiger partial charge in [0.1, 0.15) is 17.8 Å². The molecule has 5 heterocycles. The first kappa shape index (κ1) is 26.5. The fourth-order valence-corrected chi connectivity index (χ4v) is 4.87. The molecule has 0 aliphatic carbocycles. The number of ether oxygens (including phenoxy) is 1. The minimum Gasteiger partial charge on any atom is -0.495 e. The number of aryl methyl sites for hydroxylation is 1. The minimum atomic E-state index is 0.302. The van der Waals surface area contributed by atoms with E-state index in [1.807, 2.05) is 29.8 Å². The van der Waals surface area contributed by atoms with Gasteiger partial charge in [0.05, 0.1) is 23.7 Å². The van der Waals surface area contributed by atoms with Crippen molar-refractivity contribution in [1.29, 1.82) is 0 Å². The number of aromatic nitrogens is 7. The van der Waals surface area contributed by atoms with Crippen LogP contribution in [0.25, 0.3) is 27.6 Å². The van der Waals surface area contributed by atoms with E-state index in [-0.39, 0.29) is 0 Å². The molecule has 1 fully saturated rings. The molecule has 12 heteroatoms. The Labute approximate surface area is 230 Å². The fourth-order valence-electron chi connectivity index (χ4n) is 4.59. The molecule has 11 nitrogen and oxygen atoms in total. The standard InChI is InChI=1S/C22H19ClN8O2.C5H11N/c1-3-31-21-16(9-27-31)19-15(8-25-21)22(30-10-14(11-32)26-12-30)29-28-20(19)24-7-13-4-5-18(33-2)17(23)6-13;1-6-4-2-3-5-6/h4-6,8-12H,3,7H2,1-2H3,(H,24,28);2-5H2,1H3. The lowest BCUT2D eigenvalue weighted by molar-refractivity contribution is 0.111. The first-order valence-electron chi connectivity index (χ1n) is 12.8. The average molecular weight is 548 g/mol. The third-order valence-corrected chi connectivity index (χ3v) is 6.96. The van der Waals surface area contributed by atoms with Crippen LogP contribution in [-0.2, 0) is 13.1 Å². The summed E-state index contributed by atoms with van der Waals surface area (Å²) >= 11 is 6.27. The number of halogens is 1. The van der Waals surface area contributed by atoms with Gasteiger partial charge < -0.3 is 15.0 Å². The molecule has 1 aromatic carbocycles. The van der Waals surface area contributed by atoms with Crippen LogP contribution in [0.1, 0.15) is 35.8 Å². The number of benzene rings is 1. The number of hydrogen-bond acceptors (Lipinski definition) is 9. The van der Waals surface area contributed by atoms with Crippen molar-refractivity contribution < 1.29 is 9.53 Å². The van der Waals surface area contributed by atoms with Gasteiger partial charge in [0.15, 0.2) is 23.6 Å². The van der Waals surface area contributed by atoms with Crippen molar-refractivity contribution in [2.45, 2.75) is 32.9 Å². The van der Waals surface area contributed by atoms with E-state index in [2.05, 4.69) is 42.5 Å². The van der Waals surface area contributed by atoms with Crippen LogP contribution in [0.2, 0.25) is 5.02 Å². The molecule has 4 aromatic heterocycles. The van der Waals surface area contributed by atoms with E-state index < -0.39 is 0 Å². The summed E-state index contributed by atoms with van der Waals surface area (Å²) in [6.07, 6.45) is 10.2. The predicted molar refractivity (Wildman–Crippen MR) is 151 cm³/mol. The van der Waals surface area contributed by atoms with Crippen LogP contribution in [0.15, 0.2) is 43.1 Å². The zero-order valence-electron chi connectivity index (χ0n) is 22.1. The monoisotopic (exact) mass is 547 g/mol. The van der Waals surface area contributed by atoms with Crippen molar-refractivity contribution in [3.63, 3.8) is 0 Å². The normalized spacial score (nSPS) is 13.4. The number of imidazole rings is 1. The van der Waals surface area contributed by atoms with E-state index in [1.165, 1.54) is 32.3 Å². The van der Waals surface area contributed by atoms with E-state index in [1.54, 1.807) is 30.3 Å². The van der Waals surface area contributed by atoms with Crippen LogP contribution in [0.5, 0.6) is 5.75 Å². The average Bonchev–Trinajstić information content (AvgIpc) is 3.72. The number of rotatable bonds is 7. The molecule has 0 atom stereocenters. The minimum absolute atomic E-state index is 0.302. The highest BCUT2D eigenvalue weighted by Gasteiger charge is 2.18.